The van der Waals surface area contributed by atoms with Crippen LogP contribution in [0.4, 0.5) is 0 Å². The Kier molecular flexibility index (Phi) is 4.21. The molecule has 4 unspecified atom stereocenters. The Morgan fingerprint density at radius 3 is 3.10 bits per heavy atom. The van der Waals surface area contributed by atoms with E-state index in [2.05, 4.69) is 27.9 Å². The van der Waals surface area contributed by atoms with Crippen LogP contribution in [0.3, 0.4) is 0 Å². The first-order chi connectivity index (χ1) is 9.58. The van der Waals surface area contributed by atoms with Gasteiger partial charge in [0.1, 0.15) is 0 Å². The summed E-state index contributed by atoms with van der Waals surface area (Å²) in [5, 5.41) is 3.55. The Balaban J connectivity index is 1.71. The minimum atomic E-state index is -0.134. The Morgan fingerprint density at radius 1 is 1.50 bits per heavy atom. The molecule has 6 heteroatoms. The SMILES string of the molecule is NC1C2CCCOC2C1NC(=O)c1cc(Cl)ccc1I. The standard InChI is InChI=1S/C14H16ClIN2O2/c15-7-3-4-10(16)9(6-7)14(19)18-12-11(17)8-2-1-5-20-13(8)12/h3-4,6,8,11-13H,1-2,5,17H2,(H,18,19). The highest BCUT2D eigenvalue weighted by molar-refractivity contribution is 14.1. The average Bonchev–Trinajstić information content (AvgIpc) is 2.46. The van der Waals surface area contributed by atoms with Crippen LogP contribution in [0, 0.1) is 9.49 Å². The lowest BCUT2D eigenvalue weighted by atomic mass is 9.68. The van der Waals surface area contributed by atoms with E-state index in [0.29, 0.717) is 16.5 Å². The van der Waals surface area contributed by atoms with Crippen LogP contribution >= 0.6 is 34.2 Å². The molecule has 1 aliphatic heterocycles. The third-order valence-electron chi connectivity index (χ3n) is 4.15. The summed E-state index contributed by atoms with van der Waals surface area (Å²) in [7, 11) is 0. The highest BCUT2D eigenvalue weighted by Crippen LogP contribution is 2.37. The Morgan fingerprint density at radius 2 is 2.30 bits per heavy atom. The number of rotatable bonds is 2. The van der Waals surface area contributed by atoms with Crippen molar-refractivity contribution in [3.63, 3.8) is 0 Å². The number of hydrogen-bond acceptors (Lipinski definition) is 3. The van der Waals surface area contributed by atoms with Gasteiger partial charge >= 0.3 is 0 Å². The maximum atomic E-state index is 12.4. The fourth-order valence-corrected chi connectivity index (χ4v) is 3.78. The number of nitrogens with one attached hydrogen (secondary N) is 1. The zero-order chi connectivity index (χ0) is 14.3. The smallest absolute Gasteiger partial charge is 0.252 e. The molecule has 0 radical (unpaired) electrons. The second-order valence-corrected chi connectivity index (χ2v) is 6.94. The molecular weight excluding hydrogens is 391 g/mol. The largest absolute Gasteiger partial charge is 0.376 e. The van der Waals surface area contributed by atoms with Gasteiger partial charge in [0.2, 0.25) is 0 Å². The molecule has 1 aromatic rings. The van der Waals surface area contributed by atoms with Gasteiger partial charge in [-0.2, -0.15) is 0 Å². The van der Waals surface area contributed by atoms with Crippen molar-refractivity contribution in [1.29, 1.82) is 0 Å². The van der Waals surface area contributed by atoms with E-state index in [1.807, 2.05) is 6.07 Å². The quantitative estimate of drug-likeness (QED) is 0.740. The molecule has 1 aromatic carbocycles. The lowest BCUT2D eigenvalue weighted by molar-refractivity contribution is -0.117. The molecule has 1 aliphatic carbocycles. The van der Waals surface area contributed by atoms with Gasteiger partial charge in [0.25, 0.3) is 5.91 Å². The normalized spacial score (nSPS) is 32.1. The van der Waals surface area contributed by atoms with Gasteiger partial charge in [-0.1, -0.05) is 11.6 Å². The van der Waals surface area contributed by atoms with E-state index in [-0.39, 0.29) is 24.1 Å². The van der Waals surface area contributed by atoms with E-state index in [1.165, 1.54) is 0 Å². The van der Waals surface area contributed by atoms with Crippen molar-refractivity contribution in [3.05, 3.63) is 32.4 Å². The highest BCUT2D eigenvalue weighted by Gasteiger charge is 2.51. The monoisotopic (exact) mass is 406 g/mol. The first-order valence-electron chi connectivity index (χ1n) is 6.71. The Labute approximate surface area is 136 Å². The van der Waals surface area contributed by atoms with Crippen molar-refractivity contribution >= 4 is 40.1 Å². The van der Waals surface area contributed by atoms with E-state index in [4.69, 9.17) is 22.1 Å². The fourth-order valence-electron chi connectivity index (χ4n) is 3.03. The van der Waals surface area contributed by atoms with E-state index >= 15 is 0 Å². The molecule has 108 valence electrons. The summed E-state index contributed by atoms with van der Waals surface area (Å²) in [6.07, 6.45) is 2.22. The van der Waals surface area contributed by atoms with Crippen LogP contribution in [0.15, 0.2) is 18.2 Å². The molecule has 1 amide bonds. The third kappa shape index (κ3) is 2.56. The van der Waals surface area contributed by atoms with E-state index in [0.717, 1.165) is 23.0 Å². The molecule has 1 saturated carbocycles. The van der Waals surface area contributed by atoms with Crippen molar-refractivity contribution in [2.24, 2.45) is 11.7 Å². The third-order valence-corrected chi connectivity index (χ3v) is 5.32. The first kappa shape index (κ1) is 14.6. The number of carbonyl (C=O) groups is 1. The van der Waals surface area contributed by atoms with E-state index in [9.17, 15) is 4.79 Å². The van der Waals surface area contributed by atoms with Gasteiger partial charge < -0.3 is 15.8 Å². The van der Waals surface area contributed by atoms with Crippen molar-refractivity contribution in [2.45, 2.75) is 31.0 Å². The molecule has 20 heavy (non-hydrogen) atoms. The molecule has 3 N–H and O–H groups in total. The summed E-state index contributed by atoms with van der Waals surface area (Å²) in [6.45, 7) is 0.759. The van der Waals surface area contributed by atoms with Gasteiger partial charge in [-0.3, -0.25) is 4.79 Å². The molecule has 1 heterocycles. The number of amides is 1. The van der Waals surface area contributed by atoms with Crippen LogP contribution in [0.25, 0.3) is 0 Å². The van der Waals surface area contributed by atoms with Crippen molar-refractivity contribution < 1.29 is 9.53 Å². The topological polar surface area (TPSA) is 64.3 Å². The Bertz CT molecular complexity index is 540. The zero-order valence-corrected chi connectivity index (χ0v) is 13.7. The van der Waals surface area contributed by atoms with E-state index in [1.54, 1.807) is 12.1 Å². The number of carbonyl (C=O) groups excluding carboxylic acids is 1. The molecular formula is C14H16ClIN2O2. The summed E-state index contributed by atoms with van der Waals surface area (Å²) in [5.41, 5.74) is 6.74. The number of halogens is 2. The van der Waals surface area contributed by atoms with E-state index < -0.39 is 0 Å². The average molecular weight is 407 g/mol. The predicted molar refractivity (Wildman–Crippen MR) is 85.9 cm³/mol. The summed E-state index contributed by atoms with van der Waals surface area (Å²) in [4.78, 5) is 12.4. The molecule has 4 atom stereocenters. The maximum absolute atomic E-state index is 12.4. The van der Waals surface area contributed by atoms with Crippen LogP contribution in [-0.2, 0) is 4.74 Å². The summed E-state index contributed by atoms with van der Waals surface area (Å²) in [6, 6.07) is 5.18. The molecule has 2 fully saturated rings. The zero-order valence-electron chi connectivity index (χ0n) is 10.8. The molecule has 0 spiro atoms. The summed E-state index contributed by atoms with van der Waals surface area (Å²) >= 11 is 8.08. The number of benzene rings is 1. The molecule has 0 bridgehead atoms. The molecule has 1 saturated heterocycles. The van der Waals surface area contributed by atoms with Gasteiger partial charge in [0.15, 0.2) is 0 Å². The second-order valence-electron chi connectivity index (χ2n) is 5.34. The highest BCUT2D eigenvalue weighted by atomic mass is 127. The maximum Gasteiger partial charge on any atom is 0.252 e. The first-order valence-corrected chi connectivity index (χ1v) is 8.16. The molecule has 2 aliphatic rings. The van der Waals surface area contributed by atoms with Crippen molar-refractivity contribution in [1.82, 2.24) is 5.32 Å². The minimum Gasteiger partial charge on any atom is -0.376 e. The van der Waals surface area contributed by atoms with Crippen LogP contribution in [0.2, 0.25) is 5.02 Å². The number of fused-ring (bicyclic) bond motifs is 1. The number of ether oxygens (including phenoxy) is 1. The minimum absolute atomic E-state index is 0.0129. The number of hydrogen-bond donors (Lipinski definition) is 2. The van der Waals surface area contributed by atoms with Crippen molar-refractivity contribution in [3.8, 4) is 0 Å². The van der Waals surface area contributed by atoms with Crippen LogP contribution < -0.4 is 11.1 Å². The lowest BCUT2D eigenvalue weighted by Crippen LogP contribution is -2.72. The van der Waals surface area contributed by atoms with Crippen LogP contribution in [0.1, 0.15) is 23.2 Å². The lowest BCUT2D eigenvalue weighted by Gasteiger charge is -2.52. The Hall–Kier alpha value is -0.370. The molecule has 4 nitrogen and oxygen atoms in total. The second kappa shape index (κ2) is 5.79. The molecule has 0 aromatic heterocycles. The van der Waals surface area contributed by atoms with Gasteiger partial charge in [0.05, 0.1) is 17.7 Å². The van der Waals surface area contributed by atoms with Gasteiger partial charge in [-0.05, 0) is 53.6 Å². The van der Waals surface area contributed by atoms with Crippen LogP contribution in [-0.4, -0.2) is 30.7 Å². The predicted octanol–water partition coefficient (Wildman–Crippen LogP) is 2.18. The summed E-state index contributed by atoms with van der Waals surface area (Å²) < 4.78 is 6.60. The van der Waals surface area contributed by atoms with Gasteiger partial charge in [-0.15, -0.1) is 0 Å². The van der Waals surface area contributed by atoms with Gasteiger partial charge in [-0.25, -0.2) is 0 Å². The molecule has 3 rings (SSSR count). The number of nitrogens with two attached hydrogens (primary N) is 1. The van der Waals surface area contributed by atoms with Gasteiger partial charge in [0, 0.05) is 27.2 Å². The fraction of sp³-hybridized carbons (Fsp3) is 0.500. The summed E-state index contributed by atoms with van der Waals surface area (Å²) in [5.74, 6) is 0.248. The van der Waals surface area contributed by atoms with Crippen LogP contribution in [0.5, 0.6) is 0 Å². The van der Waals surface area contributed by atoms with Crippen molar-refractivity contribution in [2.75, 3.05) is 6.61 Å².